The Morgan fingerprint density at radius 1 is 1.18 bits per heavy atom. The number of fused-ring (bicyclic) bond motifs is 2. The Balaban J connectivity index is 1.58. The molecule has 1 fully saturated rings. The Labute approximate surface area is 235 Å². The second kappa shape index (κ2) is 11.0. The highest BCUT2D eigenvalue weighted by Gasteiger charge is 2.60. The van der Waals surface area contributed by atoms with Crippen LogP contribution in [-0.2, 0) is 18.1 Å². The summed E-state index contributed by atoms with van der Waals surface area (Å²) in [7, 11) is 0. The maximum atomic E-state index is 14.4. The first kappa shape index (κ1) is 27.8. The SMILES string of the molecule is N#Cc1ccc(/C=C/C[N+]2(C(=O)NCc3ccnc(Cl)c3)CC3(CCNCC3)c3c(C(F)(F)F)cccc32)cc1. The Morgan fingerprint density at radius 2 is 1.93 bits per heavy atom. The number of alkyl halides is 3. The molecule has 10 heteroatoms. The van der Waals surface area contributed by atoms with Gasteiger partial charge in [-0.3, -0.25) is 0 Å². The lowest BCUT2D eigenvalue weighted by molar-refractivity contribution is -0.138. The normalized spacial score (nSPS) is 19.9. The van der Waals surface area contributed by atoms with Crippen LogP contribution in [0.1, 0.15) is 40.7 Å². The summed E-state index contributed by atoms with van der Waals surface area (Å²) in [6.07, 6.45) is 1.65. The van der Waals surface area contributed by atoms with Crippen molar-refractivity contribution in [2.45, 2.75) is 31.0 Å². The second-order valence-corrected chi connectivity index (χ2v) is 10.7. The third-order valence-electron chi connectivity index (χ3n) is 7.86. The molecule has 3 heterocycles. The van der Waals surface area contributed by atoms with Crippen LogP contribution in [0.3, 0.4) is 0 Å². The van der Waals surface area contributed by atoms with E-state index in [1.807, 2.05) is 12.2 Å². The molecule has 1 saturated heterocycles. The van der Waals surface area contributed by atoms with Gasteiger partial charge in [0.25, 0.3) is 0 Å². The van der Waals surface area contributed by atoms with E-state index < -0.39 is 17.2 Å². The van der Waals surface area contributed by atoms with E-state index in [-0.39, 0.29) is 40.9 Å². The number of carbonyl (C=O) groups excluding carboxylic acids is 1. The first-order valence-electron chi connectivity index (χ1n) is 13.0. The fourth-order valence-corrected chi connectivity index (χ4v) is 6.23. The summed E-state index contributed by atoms with van der Waals surface area (Å²) < 4.78 is 42.9. The maximum Gasteiger partial charge on any atom is 0.422 e. The Morgan fingerprint density at radius 3 is 2.60 bits per heavy atom. The molecule has 206 valence electrons. The molecule has 0 aliphatic carbocycles. The number of urea groups is 1. The van der Waals surface area contributed by atoms with E-state index in [2.05, 4.69) is 21.7 Å². The summed E-state index contributed by atoms with van der Waals surface area (Å²) in [5, 5.41) is 15.6. The van der Waals surface area contributed by atoms with Gasteiger partial charge in [0.15, 0.2) is 0 Å². The standard InChI is InChI=1S/C30H27ClF3N5O/c31-26-17-23(10-13-37-26)19-38-28(40)39(16-2-3-21-6-8-22(18-35)9-7-21)20-29(11-14-36-15-12-29)27-24(30(32,33)34)4-1-5-25(27)39/h1-10,13,17,36H,11-12,14-16,19-20H2/p+1/b3-2+. The van der Waals surface area contributed by atoms with E-state index in [4.69, 9.17) is 16.9 Å². The molecular weight excluding hydrogens is 539 g/mol. The number of aromatic nitrogens is 1. The second-order valence-electron chi connectivity index (χ2n) is 10.3. The monoisotopic (exact) mass is 566 g/mol. The molecule has 2 N–H and O–H groups in total. The summed E-state index contributed by atoms with van der Waals surface area (Å²) in [6.45, 7) is 1.68. The van der Waals surface area contributed by atoms with Gasteiger partial charge in [0.05, 0.1) is 22.6 Å². The highest BCUT2D eigenvalue weighted by Crippen LogP contribution is 2.54. The fraction of sp³-hybridized carbons (Fsp3) is 0.300. The van der Waals surface area contributed by atoms with Gasteiger partial charge in [0.1, 0.15) is 23.9 Å². The largest absolute Gasteiger partial charge is 0.422 e. The quantitative estimate of drug-likeness (QED) is 0.285. The van der Waals surface area contributed by atoms with E-state index in [0.29, 0.717) is 37.2 Å². The molecule has 6 nitrogen and oxygen atoms in total. The summed E-state index contributed by atoms with van der Waals surface area (Å²) in [6, 6.07) is 16.2. The number of hydrogen-bond donors (Lipinski definition) is 2. The van der Waals surface area contributed by atoms with Gasteiger partial charge >= 0.3 is 12.2 Å². The van der Waals surface area contributed by atoms with Crippen molar-refractivity contribution < 1.29 is 18.0 Å². The lowest BCUT2D eigenvalue weighted by Gasteiger charge is -2.36. The molecule has 5 rings (SSSR count). The van der Waals surface area contributed by atoms with Crippen LogP contribution in [0.4, 0.5) is 23.7 Å². The van der Waals surface area contributed by atoms with Gasteiger partial charge in [-0.25, -0.2) is 14.3 Å². The molecule has 0 saturated carbocycles. The number of quaternary nitrogens is 1. The van der Waals surface area contributed by atoms with Crippen LogP contribution in [0, 0.1) is 11.3 Å². The number of halogens is 4. The Hall–Kier alpha value is -3.71. The van der Waals surface area contributed by atoms with E-state index in [1.165, 1.54) is 6.07 Å². The summed E-state index contributed by atoms with van der Waals surface area (Å²) in [5.41, 5.74) is 1.23. The van der Waals surface area contributed by atoms with Gasteiger partial charge in [0.2, 0.25) is 0 Å². The van der Waals surface area contributed by atoms with E-state index >= 15 is 0 Å². The van der Waals surface area contributed by atoms with Gasteiger partial charge in [-0.05, 0) is 73.5 Å². The summed E-state index contributed by atoms with van der Waals surface area (Å²) >= 11 is 6.02. The number of pyridine rings is 1. The van der Waals surface area contributed by atoms with Gasteiger partial charge in [-0.1, -0.05) is 35.9 Å². The van der Waals surface area contributed by atoms with Crippen molar-refractivity contribution in [1.82, 2.24) is 20.1 Å². The minimum atomic E-state index is -4.55. The molecule has 3 aromatic rings. The third-order valence-corrected chi connectivity index (χ3v) is 8.07. The van der Waals surface area contributed by atoms with Crippen LogP contribution >= 0.6 is 11.6 Å². The zero-order chi connectivity index (χ0) is 28.4. The third kappa shape index (κ3) is 5.35. The van der Waals surface area contributed by atoms with Crippen molar-refractivity contribution in [2.75, 3.05) is 26.2 Å². The Bertz CT molecular complexity index is 1480. The summed E-state index contributed by atoms with van der Waals surface area (Å²) in [5.74, 6) is 0. The van der Waals surface area contributed by atoms with E-state index in [0.717, 1.165) is 17.2 Å². The zero-order valence-corrected chi connectivity index (χ0v) is 22.4. The highest BCUT2D eigenvalue weighted by molar-refractivity contribution is 6.29. The number of nitriles is 1. The average molecular weight is 567 g/mol. The van der Waals surface area contributed by atoms with Crippen molar-refractivity contribution in [3.05, 3.63) is 99.8 Å². The molecule has 1 spiro atoms. The number of piperidine rings is 1. The van der Waals surface area contributed by atoms with Gasteiger partial charge < -0.3 is 10.6 Å². The lowest BCUT2D eigenvalue weighted by atomic mass is 9.73. The predicted octanol–water partition coefficient (Wildman–Crippen LogP) is 6.19. The van der Waals surface area contributed by atoms with Crippen LogP contribution in [-0.4, -0.2) is 37.2 Å². The van der Waals surface area contributed by atoms with Crippen LogP contribution in [0.2, 0.25) is 5.15 Å². The first-order valence-corrected chi connectivity index (χ1v) is 13.4. The van der Waals surface area contributed by atoms with Crippen LogP contribution in [0.5, 0.6) is 0 Å². The van der Waals surface area contributed by atoms with Crippen molar-refractivity contribution in [3.8, 4) is 6.07 Å². The van der Waals surface area contributed by atoms with Crippen molar-refractivity contribution in [3.63, 3.8) is 0 Å². The molecule has 1 atom stereocenters. The topological polar surface area (TPSA) is 77.8 Å². The van der Waals surface area contributed by atoms with Crippen LogP contribution in [0.25, 0.3) is 6.08 Å². The number of nitrogens with one attached hydrogen (secondary N) is 2. The Kier molecular flexibility index (Phi) is 7.69. The van der Waals surface area contributed by atoms with Crippen molar-refractivity contribution in [2.24, 2.45) is 0 Å². The minimum absolute atomic E-state index is 0.156. The maximum absolute atomic E-state index is 14.4. The van der Waals surface area contributed by atoms with E-state index in [9.17, 15) is 18.0 Å². The summed E-state index contributed by atoms with van der Waals surface area (Å²) in [4.78, 5) is 18.1. The lowest BCUT2D eigenvalue weighted by Crippen LogP contribution is -2.60. The minimum Gasteiger partial charge on any atom is -0.317 e. The predicted molar refractivity (Wildman–Crippen MR) is 148 cm³/mol. The molecule has 0 bridgehead atoms. The number of rotatable bonds is 5. The molecule has 2 aliphatic rings. The molecule has 40 heavy (non-hydrogen) atoms. The van der Waals surface area contributed by atoms with Crippen LogP contribution in [0.15, 0.2) is 66.9 Å². The molecule has 1 unspecified atom stereocenters. The van der Waals surface area contributed by atoms with Crippen molar-refractivity contribution >= 4 is 29.4 Å². The molecule has 2 aliphatic heterocycles. The number of hydrogen-bond acceptors (Lipinski definition) is 4. The van der Waals surface area contributed by atoms with Gasteiger partial charge in [-0.15, -0.1) is 0 Å². The smallest absolute Gasteiger partial charge is 0.317 e. The molecule has 2 aromatic carbocycles. The first-order chi connectivity index (χ1) is 19.2. The average Bonchev–Trinajstić information content (AvgIpc) is 3.22. The fourth-order valence-electron chi connectivity index (χ4n) is 6.03. The van der Waals surface area contributed by atoms with Crippen LogP contribution < -0.4 is 15.1 Å². The molecule has 1 aromatic heterocycles. The van der Waals surface area contributed by atoms with Gasteiger partial charge in [0, 0.05) is 24.4 Å². The van der Waals surface area contributed by atoms with E-state index in [1.54, 1.807) is 48.7 Å². The molecule has 2 amide bonds. The highest BCUT2D eigenvalue weighted by atomic mass is 35.5. The molecule has 0 radical (unpaired) electrons. The zero-order valence-electron chi connectivity index (χ0n) is 21.6. The number of carbonyl (C=O) groups is 1. The van der Waals surface area contributed by atoms with Gasteiger partial charge in [-0.2, -0.15) is 18.4 Å². The number of nitrogens with zero attached hydrogens (tertiary/aromatic N) is 3. The van der Waals surface area contributed by atoms with Crippen molar-refractivity contribution in [1.29, 1.82) is 5.26 Å². The number of benzene rings is 2. The molecular formula is C30H28ClF3N5O+. The number of amides is 2.